The minimum absolute atomic E-state index is 0.568. The van der Waals surface area contributed by atoms with E-state index in [4.69, 9.17) is 10.7 Å². The molecule has 0 amide bonds. The number of pyridine rings is 1. The van der Waals surface area contributed by atoms with Gasteiger partial charge in [0.2, 0.25) is 0 Å². The van der Waals surface area contributed by atoms with Crippen LogP contribution in [0.25, 0.3) is 10.9 Å². The number of fused-ring (bicyclic) bond motifs is 1. The lowest BCUT2D eigenvalue weighted by molar-refractivity contribution is 0.247. The summed E-state index contributed by atoms with van der Waals surface area (Å²) in [6.07, 6.45) is 2.79. The molecule has 4 rings (SSSR count). The Bertz CT molecular complexity index is 642. The number of rotatable bonds is 3. The molecule has 0 bridgehead atoms. The van der Waals surface area contributed by atoms with Gasteiger partial charge in [-0.05, 0) is 30.5 Å². The van der Waals surface area contributed by atoms with Gasteiger partial charge >= 0.3 is 0 Å². The molecule has 0 radical (unpaired) electrons. The van der Waals surface area contributed by atoms with Crippen molar-refractivity contribution < 1.29 is 0 Å². The minimum atomic E-state index is 0.568. The number of nitrogens with two attached hydrogens (primary N) is 1. The molecule has 2 N–H and O–H groups in total. The lowest BCUT2D eigenvalue weighted by atomic mass is 10.1. The molecule has 2 aliphatic rings. The normalized spacial score (nSPS) is 20.1. The summed E-state index contributed by atoms with van der Waals surface area (Å²) < 4.78 is 0. The average molecular weight is 282 g/mol. The third-order valence-corrected chi connectivity index (χ3v) is 4.71. The largest absolute Gasteiger partial charge is 0.354 e. The van der Waals surface area contributed by atoms with E-state index in [1.807, 2.05) is 6.07 Å². The summed E-state index contributed by atoms with van der Waals surface area (Å²) in [4.78, 5) is 9.88. The van der Waals surface area contributed by atoms with E-state index in [1.54, 1.807) is 0 Å². The topological polar surface area (TPSA) is 45.4 Å². The third kappa shape index (κ3) is 2.49. The van der Waals surface area contributed by atoms with Crippen molar-refractivity contribution in [2.75, 3.05) is 31.1 Å². The lowest BCUT2D eigenvalue weighted by Crippen LogP contribution is -2.47. The van der Waals surface area contributed by atoms with Crippen LogP contribution in [0.2, 0.25) is 0 Å². The van der Waals surface area contributed by atoms with Crippen LogP contribution in [0.4, 0.5) is 5.82 Å². The Morgan fingerprint density at radius 1 is 1.10 bits per heavy atom. The molecule has 4 nitrogen and oxygen atoms in total. The molecule has 2 fully saturated rings. The molecule has 110 valence electrons. The summed E-state index contributed by atoms with van der Waals surface area (Å²) in [5.41, 5.74) is 8.18. The lowest BCUT2D eigenvalue weighted by Gasteiger charge is -2.35. The Morgan fingerprint density at radius 3 is 2.57 bits per heavy atom. The maximum Gasteiger partial charge on any atom is 0.129 e. The van der Waals surface area contributed by atoms with Gasteiger partial charge < -0.3 is 10.6 Å². The summed E-state index contributed by atoms with van der Waals surface area (Å²) in [7, 11) is 0. The molecule has 1 aromatic carbocycles. The summed E-state index contributed by atoms with van der Waals surface area (Å²) in [6, 6.07) is 11.3. The summed E-state index contributed by atoms with van der Waals surface area (Å²) in [5, 5.41) is 1.18. The first kappa shape index (κ1) is 13.0. The van der Waals surface area contributed by atoms with Crippen molar-refractivity contribution in [2.45, 2.75) is 25.4 Å². The average Bonchev–Trinajstić information content (AvgIpc) is 3.39. The Labute approximate surface area is 125 Å². The first-order valence-electron chi connectivity index (χ1n) is 7.93. The highest BCUT2D eigenvalue weighted by Crippen LogP contribution is 2.29. The predicted molar refractivity (Wildman–Crippen MR) is 86.4 cm³/mol. The van der Waals surface area contributed by atoms with Crippen molar-refractivity contribution in [3.63, 3.8) is 0 Å². The predicted octanol–water partition coefficient (Wildman–Crippen LogP) is 1.98. The fraction of sp³-hybridized carbons (Fsp3) is 0.471. The van der Waals surface area contributed by atoms with E-state index < -0.39 is 0 Å². The standard InChI is InChI=1S/C17H22N4/c18-12-13-11-17(19-16-4-2-1-3-15(13)16)21-9-7-20(8-10-21)14-5-6-14/h1-4,11,14H,5-10,12,18H2. The fourth-order valence-corrected chi connectivity index (χ4v) is 3.32. The van der Waals surface area contributed by atoms with E-state index in [9.17, 15) is 0 Å². The Hall–Kier alpha value is -1.65. The van der Waals surface area contributed by atoms with E-state index >= 15 is 0 Å². The van der Waals surface area contributed by atoms with Crippen LogP contribution in [0.5, 0.6) is 0 Å². The highest BCUT2D eigenvalue weighted by molar-refractivity contribution is 5.84. The molecule has 2 aromatic rings. The SMILES string of the molecule is NCc1cc(N2CCN(C3CC3)CC2)nc2ccccc12. The molecule has 2 heterocycles. The zero-order valence-corrected chi connectivity index (χ0v) is 12.3. The highest BCUT2D eigenvalue weighted by Gasteiger charge is 2.31. The quantitative estimate of drug-likeness (QED) is 0.935. The van der Waals surface area contributed by atoms with Gasteiger partial charge in [0.15, 0.2) is 0 Å². The van der Waals surface area contributed by atoms with Gasteiger partial charge in [-0.3, -0.25) is 4.90 Å². The van der Waals surface area contributed by atoms with Gasteiger partial charge in [0.1, 0.15) is 5.82 Å². The molecule has 1 aliphatic heterocycles. The number of hydrogen-bond acceptors (Lipinski definition) is 4. The van der Waals surface area contributed by atoms with Crippen LogP contribution in [0.15, 0.2) is 30.3 Å². The molecule has 21 heavy (non-hydrogen) atoms. The Kier molecular flexibility index (Phi) is 3.28. The van der Waals surface area contributed by atoms with Crippen molar-refractivity contribution in [2.24, 2.45) is 5.73 Å². The van der Waals surface area contributed by atoms with Crippen molar-refractivity contribution in [3.8, 4) is 0 Å². The van der Waals surface area contributed by atoms with E-state index in [2.05, 4.69) is 34.1 Å². The molecule has 1 saturated carbocycles. The summed E-state index contributed by atoms with van der Waals surface area (Å²) in [5.74, 6) is 1.09. The summed E-state index contributed by atoms with van der Waals surface area (Å²) >= 11 is 0. The van der Waals surface area contributed by atoms with Crippen molar-refractivity contribution >= 4 is 16.7 Å². The summed E-state index contributed by atoms with van der Waals surface area (Å²) in [6.45, 7) is 5.05. The molecule has 1 aromatic heterocycles. The molecule has 0 atom stereocenters. The molecule has 0 unspecified atom stereocenters. The number of nitrogens with zero attached hydrogens (tertiary/aromatic N) is 3. The van der Waals surface area contributed by atoms with Gasteiger partial charge in [0, 0.05) is 44.2 Å². The van der Waals surface area contributed by atoms with Gasteiger partial charge in [-0.25, -0.2) is 4.98 Å². The van der Waals surface area contributed by atoms with Crippen LogP contribution in [-0.4, -0.2) is 42.1 Å². The second kappa shape index (κ2) is 5.28. The molecule has 1 saturated heterocycles. The molecular weight excluding hydrogens is 260 g/mol. The van der Waals surface area contributed by atoms with Crippen molar-refractivity contribution in [1.29, 1.82) is 0 Å². The van der Waals surface area contributed by atoms with Gasteiger partial charge in [-0.1, -0.05) is 18.2 Å². The fourth-order valence-electron chi connectivity index (χ4n) is 3.32. The number of hydrogen-bond donors (Lipinski definition) is 1. The second-order valence-electron chi connectivity index (χ2n) is 6.12. The third-order valence-electron chi connectivity index (χ3n) is 4.71. The highest BCUT2D eigenvalue weighted by atomic mass is 15.3. The number of benzene rings is 1. The second-order valence-corrected chi connectivity index (χ2v) is 6.12. The zero-order chi connectivity index (χ0) is 14.2. The van der Waals surface area contributed by atoms with E-state index in [0.717, 1.165) is 43.6 Å². The van der Waals surface area contributed by atoms with Gasteiger partial charge in [0.05, 0.1) is 5.52 Å². The van der Waals surface area contributed by atoms with Crippen LogP contribution in [0, 0.1) is 0 Å². The Morgan fingerprint density at radius 2 is 1.86 bits per heavy atom. The first-order chi connectivity index (χ1) is 10.3. The Balaban J connectivity index is 1.61. The number of piperazine rings is 1. The van der Waals surface area contributed by atoms with Crippen LogP contribution >= 0.6 is 0 Å². The number of para-hydroxylation sites is 1. The minimum Gasteiger partial charge on any atom is -0.354 e. The molecule has 0 spiro atoms. The van der Waals surface area contributed by atoms with Crippen LogP contribution in [0.1, 0.15) is 18.4 Å². The van der Waals surface area contributed by atoms with Gasteiger partial charge in [-0.15, -0.1) is 0 Å². The smallest absolute Gasteiger partial charge is 0.129 e. The molecule has 4 heteroatoms. The van der Waals surface area contributed by atoms with E-state index in [0.29, 0.717) is 6.54 Å². The van der Waals surface area contributed by atoms with Crippen LogP contribution in [0.3, 0.4) is 0 Å². The maximum atomic E-state index is 5.93. The monoisotopic (exact) mass is 282 g/mol. The van der Waals surface area contributed by atoms with Crippen LogP contribution in [-0.2, 0) is 6.54 Å². The number of anilines is 1. The van der Waals surface area contributed by atoms with Gasteiger partial charge in [0.25, 0.3) is 0 Å². The molecule has 1 aliphatic carbocycles. The van der Waals surface area contributed by atoms with Crippen molar-refractivity contribution in [3.05, 3.63) is 35.9 Å². The van der Waals surface area contributed by atoms with Gasteiger partial charge in [-0.2, -0.15) is 0 Å². The maximum absolute atomic E-state index is 5.93. The zero-order valence-electron chi connectivity index (χ0n) is 12.3. The van der Waals surface area contributed by atoms with Crippen LogP contribution < -0.4 is 10.6 Å². The van der Waals surface area contributed by atoms with Crippen molar-refractivity contribution in [1.82, 2.24) is 9.88 Å². The van der Waals surface area contributed by atoms with E-state index in [-0.39, 0.29) is 0 Å². The number of aromatic nitrogens is 1. The first-order valence-corrected chi connectivity index (χ1v) is 7.93. The van der Waals surface area contributed by atoms with E-state index in [1.165, 1.54) is 23.8 Å². The molecular formula is C17H22N4.